The van der Waals surface area contributed by atoms with Crippen LogP contribution in [0.25, 0.3) is 0 Å². The molecule has 0 saturated carbocycles. The van der Waals surface area contributed by atoms with E-state index in [4.69, 9.17) is 4.74 Å². The first-order valence-corrected chi connectivity index (χ1v) is 10.8. The van der Waals surface area contributed by atoms with Gasteiger partial charge in [0.1, 0.15) is 11.6 Å². The third-order valence-corrected chi connectivity index (χ3v) is 5.46. The Labute approximate surface area is 187 Å². The van der Waals surface area contributed by atoms with E-state index in [0.717, 1.165) is 38.0 Å². The Morgan fingerprint density at radius 3 is 2.44 bits per heavy atom. The summed E-state index contributed by atoms with van der Waals surface area (Å²) in [7, 11) is 0. The Kier molecular flexibility index (Phi) is 7.30. The van der Waals surface area contributed by atoms with Crippen LogP contribution in [-0.2, 0) is 13.1 Å². The Morgan fingerprint density at radius 2 is 1.75 bits per heavy atom. The molecule has 1 fully saturated rings. The number of nitrogens with zero attached hydrogens (tertiary/aromatic N) is 2. The van der Waals surface area contributed by atoms with Gasteiger partial charge in [-0.15, -0.1) is 0 Å². The van der Waals surface area contributed by atoms with E-state index in [1.54, 1.807) is 24.4 Å². The van der Waals surface area contributed by atoms with E-state index in [0.29, 0.717) is 18.2 Å². The lowest BCUT2D eigenvalue weighted by atomic mass is 10.0. The van der Waals surface area contributed by atoms with Gasteiger partial charge in [-0.1, -0.05) is 36.4 Å². The monoisotopic (exact) mass is 434 g/mol. The van der Waals surface area contributed by atoms with Gasteiger partial charge >= 0.3 is 6.03 Å². The minimum absolute atomic E-state index is 0.168. The lowest BCUT2D eigenvalue weighted by Gasteiger charge is -2.32. The van der Waals surface area contributed by atoms with Crippen LogP contribution in [0.3, 0.4) is 0 Å². The van der Waals surface area contributed by atoms with Crippen molar-refractivity contribution in [2.24, 2.45) is 0 Å². The summed E-state index contributed by atoms with van der Waals surface area (Å²) >= 11 is 0. The highest BCUT2D eigenvalue weighted by Crippen LogP contribution is 2.19. The third kappa shape index (κ3) is 6.52. The number of piperidine rings is 1. The molecular weight excluding hydrogens is 407 g/mol. The number of aromatic nitrogens is 1. The summed E-state index contributed by atoms with van der Waals surface area (Å²) in [5, 5.41) is 5.96. The van der Waals surface area contributed by atoms with Gasteiger partial charge in [-0.05, 0) is 48.2 Å². The fourth-order valence-electron chi connectivity index (χ4n) is 3.70. The predicted octanol–water partition coefficient (Wildman–Crippen LogP) is 4.48. The molecule has 2 N–H and O–H groups in total. The quantitative estimate of drug-likeness (QED) is 0.576. The van der Waals surface area contributed by atoms with Gasteiger partial charge in [0.2, 0.25) is 5.88 Å². The van der Waals surface area contributed by atoms with Gasteiger partial charge in [0.15, 0.2) is 0 Å². The number of nitrogens with one attached hydrogen (secondary N) is 2. The number of ether oxygens (including phenoxy) is 1. The lowest BCUT2D eigenvalue weighted by Crippen LogP contribution is -2.47. The molecule has 0 aliphatic carbocycles. The van der Waals surface area contributed by atoms with Crippen molar-refractivity contribution in [2.45, 2.75) is 32.0 Å². The van der Waals surface area contributed by atoms with E-state index in [-0.39, 0.29) is 17.9 Å². The summed E-state index contributed by atoms with van der Waals surface area (Å²) in [6.45, 7) is 3.27. The number of hydrogen-bond donors (Lipinski definition) is 2. The number of halogens is 1. The number of urea groups is 1. The molecule has 4 rings (SSSR count). The van der Waals surface area contributed by atoms with Gasteiger partial charge in [-0.2, -0.15) is 0 Å². The van der Waals surface area contributed by atoms with E-state index < -0.39 is 0 Å². The van der Waals surface area contributed by atoms with Crippen LogP contribution in [0.1, 0.15) is 24.0 Å². The number of likely N-dealkylation sites (tertiary alicyclic amines) is 1. The Bertz CT molecular complexity index is 989. The van der Waals surface area contributed by atoms with Crippen LogP contribution < -0.4 is 15.4 Å². The molecule has 2 amide bonds. The molecule has 1 aliphatic rings. The third-order valence-electron chi connectivity index (χ3n) is 5.46. The van der Waals surface area contributed by atoms with Gasteiger partial charge in [-0.3, -0.25) is 4.90 Å². The van der Waals surface area contributed by atoms with Gasteiger partial charge in [0.05, 0.1) is 0 Å². The summed E-state index contributed by atoms with van der Waals surface area (Å²) in [6, 6.07) is 19.8. The van der Waals surface area contributed by atoms with Gasteiger partial charge in [-0.25, -0.2) is 14.2 Å². The highest BCUT2D eigenvalue weighted by atomic mass is 19.1. The molecule has 0 bridgehead atoms. The van der Waals surface area contributed by atoms with Crippen LogP contribution in [0.4, 0.5) is 9.18 Å². The molecule has 1 saturated heterocycles. The van der Waals surface area contributed by atoms with Crippen LogP contribution in [-0.4, -0.2) is 35.0 Å². The fourth-order valence-corrected chi connectivity index (χ4v) is 3.70. The first kappa shape index (κ1) is 21.8. The number of hydrogen-bond acceptors (Lipinski definition) is 4. The molecule has 0 spiro atoms. The van der Waals surface area contributed by atoms with Gasteiger partial charge in [0.25, 0.3) is 0 Å². The normalized spacial score (nSPS) is 14.7. The molecular formula is C25H27FN4O2. The summed E-state index contributed by atoms with van der Waals surface area (Å²) in [5.74, 6) is 0.605. The minimum Gasteiger partial charge on any atom is -0.439 e. The van der Waals surface area contributed by atoms with E-state index in [2.05, 4.69) is 44.8 Å². The average Bonchev–Trinajstić information content (AvgIpc) is 2.82. The maximum Gasteiger partial charge on any atom is 0.315 e. The lowest BCUT2D eigenvalue weighted by molar-refractivity contribution is 0.186. The molecule has 1 aromatic heterocycles. The number of benzene rings is 2. The number of carbonyl (C=O) groups excluding carboxylic acids is 1. The van der Waals surface area contributed by atoms with E-state index >= 15 is 0 Å². The van der Waals surface area contributed by atoms with Crippen molar-refractivity contribution in [3.8, 4) is 11.6 Å². The highest BCUT2D eigenvalue weighted by Gasteiger charge is 2.20. The van der Waals surface area contributed by atoms with Crippen molar-refractivity contribution >= 4 is 6.03 Å². The highest BCUT2D eigenvalue weighted by molar-refractivity contribution is 5.74. The van der Waals surface area contributed by atoms with Crippen molar-refractivity contribution in [3.63, 3.8) is 0 Å². The zero-order valence-electron chi connectivity index (χ0n) is 17.8. The number of carbonyl (C=O) groups is 1. The molecule has 2 aromatic carbocycles. The van der Waals surface area contributed by atoms with E-state index in [9.17, 15) is 9.18 Å². The largest absolute Gasteiger partial charge is 0.439 e. The first-order chi connectivity index (χ1) is 15.6. The zero-order valence-corrected chi connectivity index (χ0v) is 17.8. The Morgan fingerprint density at radius 1 is 1.00 bits per heavy atom. The number of rotatable bonds is 7. The van der Waals surface area contributed by atoms with Gasteiger partial charge < -0.3 is 15.4 Å². The predicted molar refractivity (Wildman–Crippen MR) is 121 cm³/mol. The average molecular weight is 435 g/mol. The smallest absolute Gasteiger partial charge is 0.315 e. The van der Waals surface area contributed by atoms with E-state index in [1.165, 1.54) is 17.7 Å². The second-order valence-corrected chi connectivity index (χ2v) is 7.92. The Balaban J connectivity index is 1.16. The molecule has 1 aliphatic heterocycles. The van der Waals surface area contributed by atoms with Crippen LogP contribution in [0.15, 0.2) is 72.9 Å². The van der Waals surface area contributed by atoms with Crippen LogP contribution in [0.2, 0.25) is 0 Å². The molecule has 2 heterocycles. The maximum absolute atomic E-state index is 13.0. The number of amides is 2. The van der Waals surface area contributed by atoms with Crippen LogP contribution in [0, 0.1) is 5.82 Å². The Hall–Kier alpha value is -3.45. The SMILES string of the molecule is O=C(NCc1ccc(Oc2ccc(F)cc2)nc1)NC1CCN(Cc2ccccc2)CC1. The molecule has 7 heteroatoms. The molecule has 0 radical (unpaired) electrons. The number of pyridine rings is 1. The van der Waals surface area contributed by atoms with Crippen LogP contribution >= 0.6 is 0 Å². The van der Waals surface area contributed by atoms with Crippen molar-refractivity contribution < 1.29 is 13.9 Å². The molecule has 166 valence electrons. The van der Waals surface area contributed by atoms with Crippen molar-refractivity contribution in [3.05, 3.63) is 89.9 Å². The summed E-state index contributed by atoms with van der Waals surface area (Å²) in [5.41, 5.74) is 2.18. The maximum atomic E-state index is 13.0. The fraction of sp³-hybridized carbons (Fsp3) is 0.280. The second kappa shape index (κ2) is 10.7. The summed E-state index contributed by atoms with van der Waals surface area (Å²) < 4.78 is 18.5. The van der Waals surface area contributed by atoms with E-state index in [1.807, 2.05) is 12.1 Å². The van der Waals surface area contributed by atoms with Crippen molar-refractivity contribution in [1.29, 1.82) is 0 Å². The topological polar surface area (TPSA) is 66.5 Å². The standard InChI is InChI=1S/C25H27FN4O2/c26-21-7-9-23(10-8-21)32-24-11-6-20(16-27-24)17-28-25(31)29-22-12-14-30(15-13-22)18-19-4-2-1-3-5-19/h1-11,16,22H,12-15,17-18H2,(H2,28,29,31). The van der Waals surface area contributed by atoms with Crippen LogP contribution in [0.5, 0.6) is 11.6 Å². The summed E-state index contributed by atoms with van der Waals surface area (Å²) in [6.07, 6.45) is 3.54. The first-order valence-electron chi connectivity index (χ1n) is 10.8. The van der Waals surface area contributed by atoms with Gasteiger partial charge in [0, 0.05) is 44.5 Å². The molecule has 3 aromatic rings. The second-order valence-electron chi connectivity index (χ2n) is 7.92. The minimum atomic E-state index is -0.317. The zero-order chi connectivity index (χ0) is 22.2. The molecule has 32 heavy (non-hydrogen) atoms. The molecule has 0 unspecified atom stereocenters. The summed E-state index contributed by atoms with van der Waals surface area (Å²) in [4.78, 5) is 18.9. The molecule has 6 nitrogen and oxygen atoms in total. The van der Waals surface area contributed by atoms with Crippen molar-refractivity contribution in [2.75, 3.05) is 13.1 Å². The van der Waals surface area contributed by atoms with Crippen molar-refractivity contribution in [1.82, 2.24) is 20.5 Å². The molecule has 0 atom stereocenters.